The Kier molecular flexibility index (Phi) is 11.6. The number of likely N-dealkylation sites (N-methyl/N-ethyl adjacent to an activating group) is 1. The molecule has 1 aromatic heterocycles. The van der Waals surface area contributed by atoms with Crippen LogP contribution >= 0.6 is 24.0 Å². The van der Waals surface area contributed by atoms with Crippen LogP contribution in [0.2, 0.25) is 0 Å². The van der Waals surface area contributed by atoms with Gasteiger partial charge in [0.05, 0.1) is 6.04 Å². The number of halogens is 1. The molecule has 3 rings (SSSR count). The fraction of sp³-hybridized carbons (Fsp3) is 0.565. The highest BCUT2D eigenvalue weighted by atomic mass is 127. The van der Waals surface area contributed by atoms with Crippen LogP contribution in [-0.4, -0.2) is 83.3 Å². The highest BCUT2D eigenvalue weighted by Crippen LogP contribution is 2.24. The molecule has 1 aromatic carbocycles. The topological polar surface area (TPSA) is 90.7 Å². The van der Waals surface area contributed by atoms with Crippen molar-refractivity contribution in [2.75, 3.05) is 46.8 Å². The summed E-state index contributed by atoms with van der Waals surface area (Å²) in [7, 11) is 3.49. The Morgan fingerprint density at radius 2 is 1.91 bits per heavy atom. The summed E-state index contributed by atoms with van der Waals surface area (Å²) >= 11 is 0. The molecule has 1 atom stereocenters. The van der Waals surface area contributed by atoms with Gasteiger partial charge in [0.1, 0.15) is 18.7 Å². The number of aryl methyl sites for hydroxylation is 1. The largest absolute Gasteiger partial charge is 0.355 e. The van der Waals surface area contributed by atoms with Crippen LogP contribution in [0.15, 0.2) is 41.7 Å². The first-order valence-electron chi connectivity index (χ1n) is 11.5. The van der Waals surface area contributed by atoms with Crippen LogP contribution < -0.4 is 10.6 Å². The van der Waals surface area contributed by atoms with Crippen molar-refractivity contribution in [1.82, 2.24) is 35.2 Å². The predicted octanol–water partition coefficient (Wildman–Crippen LogP) is 1.92. The van der Waals surface area contributed by atoms with E-state index in [1.807, 2.05) is 4.57 Å². The molecule has 0 saturated carbocycles. The van der Waals surface area contributed by atoms with E-state index in [2.05, 4.69) is 68.0 Å². The molecular weight excluding hydrogens is 531 g/mol. The molecule has 1 aliphatic rings. The lowest BCUT2D eigenvalue weighted by molar-refractivity contribution is -0.127. The molecule has 0 bridgehead atoms. The van der Waals surface area contributed by atoms with Gasteiger partial charge in [-0.1, -0.05) is 37.3 Å². The number of rotatable bonds is 10. The third-order valence-corrected chi connectivity index (χ3v) is 5.76. The first-order valence-corrected chi connectivity index (χ1v) is 11.5. The Hall–Kier alpha value is -2.21. The van der Waals surface area contributed by atoms with E-state index in [4.69, 9.17) is 0 Å². The third-order valence-electron chi connectivity index (χ3n) is 5.76. The van der Waals surface area contributed by atoms with Gasteiger partial charge in [0, 0.05) is 40.2 Å². The summed E-state index contributed by atoms with van der Waals surface area (Å²) in [6.45, 7) is 6.49. The number of aromatic nitrogens is 3. The van der Waals surface area contributed by atoms with Gasteiger partial charge in [-0.25, -0.2) is 4.99 Å². The number of nitrogens with zero attached hydrogens (tertiary/aromatic N) is 6. The summed E-state index contributed by atoms with van der Waals surface area (Å²) in [4.78, 5) is 20.7. The van der Waals surface area contributed by atoms with Crippen molar-refractivity contribution < 1.29 is 4.79 Å². The van der Waals surface area contributed by atoms with Crippen molar-refractivity contribution in [2.24, 2.45) is 4.99 Å². The number of nitrogens with one attached hydrogen (secondary N) is 2. The average Bonchev–Trinajstić information content (AvgIpc) is 3.49. The normalized spacial score (nSPS) is 15.1. The zero-order valence-electron chi connectivity index (χ0n) is 19.9. The van der Waals surface area contributed by atoms with Gasteiger partial charge in [-0.15, -0.1) is 34.2 Å². The van der Waals surface area contributed by atoms with Crippen molar-refractivity contribution in [3.05, 3.63) is 48.0 Å². The Morgan fingerprint density at radius 3 is 2.58 bits per heavy atom. The van der Waals surface area contributed by atoms with Crippen molar-refractivity contribution >= 4 is 35.8 Å². The smallest absolute Gasteiger partial charge is 0.243 e. The third kappa shape index (κ3) is 8.26. The van der Waals surface area contributed by atoms with Gasteiger partial charge < -0.3 is 20.1 Å². The van der Waals surface area contributed by atoms with Gasteiger partial charge in [-0.2, -0.15) is 0 Å². The minimum atomic E-state index is -0.0302. The number of likely N-dealkylation sites (tertiary alicyclic amines) is 1. The number of guanidine groups is 1. The van der Waals surface area contributed by atoms with E-state index in [0.717, 1.165) is 38.4 Å². The second-order valence-electron chi connectivity index (χ2n) is 8.22. The number of benzene rings is 1. The SMILES string of the molecule is CCc1nncn1CCNC(=NCC(=O)N(C)C)NCC(c1ccccc1)N1CCCC1.I. The summed E-state index contributed by atoms with van der Waals surface area (Å²) in [6, 6.07) is 10.9. The van der Waals surface area contributed by atoms with Gasteiger partial charge in [-0.05, 0) is 31.5 Å². The number of amides is 1. The first kappa shape index (κ1) is 27.0. The average molecular weight is 569 g/mol. The van der Waals surface area contributed by atoms with Gasteiger partial charge in [0.25, 0.3) is 0 Å². The molecule has 2 N–H and O–H groups in total. The van der Waals surface area contributed by atoms with Crippen LogP contribution in [0.1, 0.15) is 37.2 Å². The van der Waals surface area contributed by atoms with Crippen molar-refractivity contribution in [3.63, 3.8) is 0 Å². The summed E-state index contributed by atoms with van der Waals surface area (Å²) in [6.07, 6.45) is 5.06. The highest BCUT2D eigenvalue weighted by Gasteiger charge is 2.23. The second kappa shape index (κ2) is 14.1. The Balaban J connectivity index is 0.00000385. The maximum absolute atomic E-state index is 12.1. The fourth-order valence-electron chi connectivity index (χ4n) is 3.88. The molecule has 33 heavy (non-hydrogen) atoms. The Labute approximate surface area is 214 Å². The minimum Gasteiger partial charge on any atom is -0.355 e. The van der Waals surface area contributed by atoms with Gasteiger partial charge in [0.2, 0.25) is 5.91 Å². The van der Waals surface area contributed by atoms with Crippen LogP contribution in [0.4, 0.5) is 0 Å². The maximum atomic E-state index is 12.1. The Morgan fingerprint density at radius 1 is 1.18 bits per heavy atom. The number of hydrogen-bond acceptors (Lipinski definition) is 5. The van der Waals surface area contributed by atoms with Gasteiger partial charge >= 0.3 is 0 Å². The van der Waals surface area contributed by atoms with Crippen LogP contribution in [-0.2, 0) is 17.8 Å². The minimum absolute atomic E-state index is 0. The quantitative estimate of drug-likeness (QED) is 0.259. The van der Waals surface area contributed by atoms with Crippen LogP contribution in [0, 0.1) is 0 Å². The van der Waals surface area contributed by atoms with E-state index < -0.39 is 0 Å². The van der Waals surface area contributed by atoms with Gasteiger partial charge in [0.15, 0.2) is 5.96 Å². The number of carbonyl (C=O) groups excluding carboxylic acids is 1. The lowest BCUT2D eigenvalue weighted by Crippen LogP contribution is -2.44. The van der Waals surface area contributed by atoms with E-state index in [0.29, 0.717) is 12.5 Å². The summed E-state index contributed by atoms with van der Waals surface area (Å²) in [5.41, 5.74) is 1.29. The summed E-state index contributed by atoms with van der Waals surface area (Å²) in [5.74, 6) is 1.57. The zero-order valence-corrected chi connectivity index (χ0v) is 22.2. The molecule has 0 spiro atoms. The molecule has 1 fully saturated rings. The number of hydrogen-bond donors (Lipinski definition) is 2. The monoisotopic (exact) mass is 568 g/mol. The van der Waals surface area contributed by atoms with Crippen molar-refractivity contribution in [1.29, 1.82) is 0 Å². The Bertz CT molecular complexity index is 864. The highest BCUT2D eigenvalue weighted by molar-refractivity contribution is 14.0. The molecule has 1 saturated heterocycles. The van der Waals surface area contributed by atoms with E-state index >= 15 is 0 Å². The van der Waals surface area contributed by atoms with Crippen molar-refractivity contribution in [3.8, 4) is 0 Å². The standard InChI is InChI=1S/C23H36N8O.HI/c1-4-21-28-27-18-31(21)15-12-24-23(26-17-22(32)29(2)3)25-16-20(30-13-8-9-14-30)19-10-6-5-7-11-19;/h5-7,10-11,18,20H,4,8-9,12-17H2,1-3H3,(H2,24,25,26);1H. The van der Waals surface area contributed by atoms with E-state index in [1.54, 1.807) is 25.3 Å². The van der Waals surface area contributed by atoms with Gasteiger partial charge in [-0.3, -0.25) is 9.69 Å². The van der Waals surface area contributed by atoms with Crippen molar-refractivity contribution in [2.45, 2.75) is 38.8 Å². The molecule has 9 nitrogen and oxygen atoms in total. The molecule has 0 radical (unpaired) electrons. The first-order chi connectivity index (χ1) is 15.6. The molecule has 0 aliphatic carbocycles. The summed E-state index contributed by atoms with van der Waals surface area (Å²) in [5, 5.41) is 15.0. The molecule has 1 amide bonds. The van der Waals surface area contributed by atoms with Crippen LogP contribution in [0.25, 0.3) is 0 Å². The van der Waals surface area contributed by atoms with Crippen LogP contribution in [0.5, 0.6) is 0 Å². The van der Waals surface area contributed by atoms with E-state index in [1.165, 1.54) is 18.4 Å². The lowest BCUT2D eigenvalue weighted by Gasteiger charge is -2.29. The van der Waals surface area contributed by atoms with Crippen LogP contribution in [0.3, 0.4) is 0 Å². The molecule has 1 aliphatic heterocycles. The molecule has 2 heterocycles. The maximum Gasteiger partial charge on any atom is 0.243 e. The molecule has 182 valence electrons. The lowest BCUT2D eigenvalue weighted by atomic mass is 10.1. The molecule has 2 aromatic rings. The predicted molar refractivity (Wildman–Crippen MR) is 142 cm³/mol. The second-order valence-corrected chi connectivity index (χ2v) is 8.22. The zero-order chi connectivity index (χ0) is 22.8. The fourth-order valence-corrected chi connectivity index (χ4v) is 3.88. The van der Waals surface area contributed by atoms with E-state index in [9.17, 15) is 4.79 Å². The molecule has 1 unspecified atom stereocenters. The van der Waals surface area contributed by atoms with E-state index in [-0.39, 0.29) is 42.5 Å². The molecular formula is C23H37IN8O. The summed E-state index contributed by atoms with van der Waals surface area (Å²) < 4.78 is 2.03. The molecule has 10 heteroatoms. The number of carbonyl (C=O) groups is 1. The number of aliphatic imine (C=N–C) groups is 1.